The van der Waals surface area contributed by atoms with Crippen LogP contribution in [-0.4, -0.2) is 11.5 Å². The molecule has 0 N–H and O–H groups in total. The van der Waals surface area contributed by atoms with E-state index in [0.717, 1.165) is 24.7 Å². The first kappa shape index (κ1) is 15.9. The van der Waals surface area contributed by atoms with Gasteiger partial charge in [0.1, 0.15) is 0 Å². The summed E-state index contributed by atoms with van der Waals surface area (Å²) in [4.78, 5) is 0. The zero-order valence-electron chi connectivity index (χ0n) is 11.4. The van der Waals surface area contributed by atoms with E-state index in [4.69, 9.17) is 0 Å². The van der Waals surface area contributed by atoms with E-state index < -0.39 is 0 Å². The molecule has 0 aliphatic rings. The summed E-state index contributed by atoms with van der Waals surface area (Å²) >= 11 is 1.82. The van der Waals surface area contributed by atoms with Crippen molar-refractivity contribution in [3.8, 4) is 11.8 Å². The van der Waals surface area contributed by atoms with Crippen molar-refractivity contribution in [2.24, 2.45) is 11.8 Å². The Bertz CT molecular complexity index is 211. The molecule has 0 saturated heterocycles. The van der Waals surface area contributed by atoms with Crippen molar-refractivity contribution < 1.29 is 0 Å². The third-order valence-corrected chi connectivity index (χ3v) is 3.82. The maximum absolute atomic E-state index is 3.94. The van der Waals surface area contributed by atoms with E-state index in [1.54, 1.807) is 0 Å². The Hall–Kier alpha value is -0.0900. The van der Waals surface area contributed by atoms with Crippen LogP contribution in [0.25, 0.3) is 0 Å². The number of thioether (sulfide) groups is 1. The van der Waals surface area contributed by atoms with Gasteiger partial charge in [-0.15, -0.1) is 17.7 Å². The largest absolute Gasteiger partial charge is 0.149 e. The summed E-state index contributed by atoms with van der Waals surface area (Å²) in [7, 11) is 0. The average molecular weight is 239 g/mol. The SMILES string of the molecule is [CH2]CC(C)CCCC(C)CC#CC(C)SC. The van der Waals surface area contributed by atoms with E-state index in [2.05, 4.69) is 45.8 Å². The lowest BCUT2D eigenvalue weighted by Gasteiger charge is -2.10. The molecule has 0 aliphatic carbocycles. The second-order valence-electron chi connectivity index (χ2n) is 4.83. The molecule has 0 aromatic heterocycles. The molecule has 0 spiro atoms. The van der Waals surface area contributed by atoms with Crippen LogP contribution in [0.2, 0.25) is 0 Å². The smallest absolute Gasteiger partial charge is 0.0626 e. The Morgan fingerprint density at radius 1 is 1.12 bits per heavy atom. The van der Waals surface area contributed by atoms with Crippen LogP contribution in [0.1, 0.15) is 52.9 Å². The van der Waals surface area contributed by atoms with Gasteiger partial charge in [-0.3, -0.25) is 0 Å². The van der Waals surface area contributed by atoms with Gasteiger partial charge in [-0.1, -0.05) is 46.0 Å². The molecule has 1 heteroatoms. The molecule has 0 aromatic carbocycles. The standard InChI is InChI=1S/C15H27S/c1-6-13(2)9-7-10-14(3)11-8-12-15(4)16-5/h13-15H,1,6-7,9-11H2,2-5H3. The van der Waals surface area contributed by atoms with Crippen LogP contribution in [0.15, 0.2) is 0 Å². The van der Waals surface area contributed by atoms with E-state index in [9.17, 15) is 0 Å². The fourth-order valence-electron chi connectivity index (χ4n) is 1.50. The molecule has 16 heavy (non-hydrogen) atoms. The Morgan fingerprint density at radius 3 is 2.31 bits per heavy atom. The van der Waals surface area contributed by atoms with E-state index in [1.165, 1.54) is 19.3 Å². The van der Waals surface area contributed by atoms with Crippen LogP contribution < -0.4 is 0 Å². The molecule has 3 atom stereocenters. The molecule has 3 unspecified atom stereocenters. The van der Waals surface area contributed by atoms with Crippen molar-refractivity contribution in [1.82, 2.24) is 0 Å². The Kier molecular flexibility index (Phi) is 10.0. The van der Waals surface area contributed by atoms with Gasteiger partial charge >= 0.3 is 0 Å². The molecule has 0 rings (SSSR count). The number of hydrogen-bond donors (Lipinski definition) is 0. The topological polar surface area (TPSA) is 0 Å². The van der Waals surface area contributed by atoms with Crippen molar-refractivity contribution in [3.05, 3.63) is 6.92 Å². The van der Waals surface area contributed by atoms with Crippen LogP contribution in [0.3, 0.4) is 0 Å². The lowest BCUT2D eigenvalue weighted by atomic mass is 9.95. The molecule has 0 aromatic rings. The van der Waals surface area contributed by atoms with Crippen LogP contribution >= 0.6 is 11.8 Å². The monoisotopic (exact) mass is 239 g/mol. The lowest BCUT2D eigenvalue weighted by molar-refractivity contribution is 0.447. The second kappa shape index (κ2) is 10.1. The maximum atomic E-state index is 3.94. The summed E-state index contributed by atoms with van der Waals surface area (Å²) in [6.07, 6.45) is 8.21. The molecular formula is C15H27S. The van der Waals surface area contributed by atoms with E-state index >= 15 is 0 Å². The zero-order valence-corrected chi connectivity index (χ0v) is 12.2. The summed E-state index contributed by atoms with van der Waals surface area (Å²) < 4.78 is 0. The van der Waals surface area contributed by atoms with Crippen molar-refractivity contribution >= 4 is 11.8 Å². The van der Waals surface area contributed by atoms with Gasteiger partial charge in [-0.05, 0) is 31.4 Å². The third-order valence-electron chi connectivity index (χ3n) is 3.00. The quantitative estimate of drug-likeness (QED) is 0.575. The molecule has 0 amide bonds. The first-order valence-corrected chi connectivity index (χ1v) is 7.69. The minimum absolute atomic E-state index is 0.485. The lowest BCUT2D eigenvalue weighted by Crippen LogP contribution is -1.97. The van der Waals surface area contributed by atoms with Crippen molar-refractivity contribution in [2.45, 2.75) is 58.1 Å². The molecule has 0 bridgehead atoms. The summed E-state index contributed by atoms with van der Waals surface area (Å²) in [6.45, 7) is 10.7. The third kappa shape index (κ3) is 9.16. The predicted molar refractivity (Wildman–Crippen MR) is 77.5 cm³/mol. The predicted octanol–water partition coefficient (Wildman–Crippen LogP) is 4.80. The highest BCUT2D eigenvalue weighted by atomic mass is 32.2. The zero-order chi connectivity index (χ0) is 12.4. The molecule has 0 nitrogen and oxygen atoms in total. The minimum atomic E-state index is 0.485. The maximum Gasteiger partial charge on any atom is 0.0626 e. The summed E-state index contributed by atoms with van der Waals surface area (Å²) in [5.41, 5.74) is 0. The highest BCUT2D eigenvalue weighted by molar-refractivity contribution is 7.99. The van der Waals surface area contributed by atoms with Gasteiger partial charge in [-0.2, -0.15) is 0 Å². The van der Waals surface area contributed by atoms with Crippen LogP contribution in [0.4, 0.5) is 0 Å². The average Bonchev–Trinajstić information content (AvgIpc) is 2.28. The highest BCUT2D eigenvalue weighted by Gasteiger charge is 2.03. The van der Waals surface area contributed by atoms with Gasteiger partial charge in [0.2, 0.25) is 0 Å². The summed E-state index contributed by atoms with van der Waals surface area (Å²) in [6, 6.07) is 0. The Balaban J connectivity index is 3.57. The first-order valence-electron chi connectivity index (χ1n) is 6.40. The van der Waals surface area contributed by atoms with Gasteiger partial charge in [0.05, 0.1) is 5.25 Å². The molecule has 0 heterocycles. The highest BCUT2D eigenvalue weighted by Crippen LogP contribution is 2.16. The van der Waals surface area contributed by atoms with Crippen molar-refractivity contribution in [2.75, 3.05) is 6.26 Å². The van der Waals surface area contributed by atoms with Crippen LogP contribution in [0, 0.1) is 30.6 Å². The normalized spacial score (nSPS) is 16.1. The fraction of sp³-hybridized carbons (Fsp3) is 0.800. The van der Waals surface area contributed by atoms with E-state index in [-0.39, 0.29) is 0 Å². The van der Waals surface area contributed by atoms with Crippen LogP contribution in [0.5, 0.6) is 0 Å². The molecular weight excluding hydrogens is 212 g/mol. The number of hydrogen-bond acceptors (Lipinski definition) is 1. The van der Waals surface area contributed by atoms with Crippen molar-refractivity contribution in [3.63, 3.8) is 0 Å². The Morgan fingerprint density at radius 2 is 1.75 bits per heavy atom. The molecule has 93 valence electrons. The van der Waals surface area contributed by atoms with Gasteiger partial charge in [0.15, 0.2) is 0 Å². The van der Waals surface area contributed by atoms with Gasteiger partial charge in [0, 0.05) is 6.42 Å². The Labute approximate surface area is 107 Å². The number of rotatable bonds is 7. The van der Waals surface area contributed by atoms with Gasteiger partial charge < -0.3 is 0 Å². The van der Waals surface area contributed by atoms with Crippen LogP contribution in [-0.2, 0) is 0 Å². The van der Waals surface area contributed by atoms with Crippen molar-refractivity contribution in [1.29, 1.82) is 0 Å². The molecule has 0 saturated carbocycles. The summed E-state index contributed by atoms with van der Waals surface area (Å²) in [5, 5.41) is 0.485. The molecule has 0 aliphatic heterocycles. The van der Waals surface area contributed by atoms with E-state index in [0.29, 0.717) is 5.25 Å². The van der Waals surface area contributed by atoms with Gasteiger partial charge in [-0.25, -0.2) is 0 Å². The first-order chi connectivity index (χ1) is 7.60. The summed E-state index contributed by atoms with van der Waals surface area (Å²) in [5.74, 6) is 8.12. The minimum Gasteiger partial charge on any atom is -0.149 e. The second-order valence-corrected chi connectivity index (χ2v) is 6.01. The van der Waals surface area contributed by atoms with Gasteiger partial charge in [0.25, 0.3) is 0 Å². The molecule has 0 fully saturated rings. The van der Waals surface area contributed by atoms with E-state index in [1.807, 2.05) is 11.8 Å². The fourth-order valence-corrected chi connectivity index (χ4v) is 1.70. The molecule has 1 radical (unpaired) electrons.